The molecule has 4 saturated carbocycles. The van der Waals surface area contributed by atoms with E-state index in [-0.39, 0.29) is 23.6 Å². The largest absolute Gasteiger partial charge is 0.354 e. The van der Waals surface area contributed by atoms with Gasteiger partial charge in [-0.1, -0.05) is 12.1 Å². The van der Waals surface area contributed by atoms with Gasteiger partial charge in [-0.25, -0.2) is 13.4 Å². The van der Waals surface area contributed by atoms with Gasteiger partial charge in [-0.3, -0.25) is 4.79 Å². The molecule has 0 aliphatic heterocycles. The highest BCUT2D eigenvalue weighted by molar-refractivity contribution is 7.89. The summed E-state index contributed by atoms with van der Waals surface area (Å²) in [4.78, 5) is 17.3. The molecule has 0 atom stereocenters. The van der Waals surface area contributed by atoms with Crippen LogP contribution in [0.2, 0.25) is 0 Å². The first-order chi connectivity index (χ1) is 13.8. The van der Waals surface area contributed by atoms with Crippen LogP contribution in [0.4, 0.5) is 0 Å². The Morgan fingerprint density at radius 3 is 2.38 bits per heavy atom. The zero-order valence-corrected chi connectivity index (χ0v) is 17.7. The predicted molar refractivity (Wildman–Crippen MR) is 112 cm³/mol. The third-order valence-corrected chi connectivity index (χ3v) is 8.03. The molecule has 4 aliphatic rings. The number of carbonyl (C=O) groups excluding carboxylic acids is 1. The first kappa shape index (κ1) is 19.1. The molecule has 29 heavy (non-hydrogen) atoms. The first-order valence-electron chi connectivity index (χ1n) is 10.7. The number of hydrogen-bond acceptors (Lipinski definition) is 4. The van der Waals surface area contributed by atoms with Crippen molar-refractivity contribution in [3.05, 3.63) is 30.1 Å². The first-order valence-corrected chi connectivity index (χ1v) is 12.7. The fourth-order valence-corrected chi connectivity index (χ4v) is 7.33. The van der Waals surface area contributed by atoms with Gasteiger partial charge in [-0.15, -0.1) is 0 Å². The minimum Gasteiger partial charge on any atom is -0.354 e. The maximum absolute atomic E-state index is 12.9. The van der Waals surface area contributed by atoms with E-state index in [9.17, 15) is 13.2 Å². The number of aromatic nitrogens is 2. The van der Waals surface area contributed by atoms with Gasteiger partial charge in [-0.05, 0) is 73.8 Å². The summed E-state index contributed by atoms with van der Waals surface area (Å²) in [6, 6.07) is 7.50. The molecular formula is C22H29N3O3S. The van der Waals surface area contributed by atoms with Crippen molar-refractivity contribution in [2.24, 2.45) is 23.2 Å². The van der Waals surface area contributed by atoms with Gasteiger partial charge in [0.2, 0.25) is 5.91 Å². The van der Waals surface area contributed by atoms with E-state index in [1.54, 1.807) is 4.57 Å². The van der Waals surface area contributed by atoms with Crippen LogP contribution in [-0.4, -0.2) is 36.7 Å². The van der Waals surface area contributed by atoms with Crippen molar-refractivity contribution in [1.82, 2.24) is 14.9 Å². The molecule has 2 aromatic rings. The summed E-state index contributed by atoms with van der Waals surface area (Å²) in [5.74, 6) is 2.79. The zero-order chi connectivity index (χ0) is 20.2. The van der Waals surface area contributed by atoms with E-state index in [4.69, 9.17) is 0 Å². The van der Waals surface area contributed by atoms with Gasteiger partial charge in [0.25, 0.3) is 0 Å². The van der Waals surface area contributed by atoms with Gasteiger partial charge in [-0.2, -0.15) is 0 Å². The van der Waals surface area contributed by atoms with Gasteiger partial charge in [0.1, 0.15) is 18.1 Å². The molecular weight excluding hydrogens is 386 g/mol. The number of hydrogen-bond donors (Lipinski definition) is 1. The molecule has 1 N–H and O–H groups in total. The molecule has 6 rings (SSSR count). The van der Waals surface area contributed by atoms with Crippen LogP contribution in [0.3, 0.4) is 0 Å². The number of rotatable bonds is 6. The molecule has 0 unspecified atom stereocenters. The maximum Gasteiger partial charge on any atom is 0.240 e. The van der Waals surface area contributed by atoms with Crippen molar-refractivity contribution in [2.45, 2.75) is 50.8 Å². The SMILES string of the molecule is CS(=O)(=O)Cc1nc2ccccc2n1CC(=O)NCC12CC3CC(CC(C3)C1)C2. The van der Waals surface area contributed by atoms with Crippen LogP contribution in [-0.2, 0) is 26.9 Å². The lowest BCUT2D eigenvalue weighted by Gasteiger charge is -2.56. The van der Waals surface area contributed by atoms with Crippen molar-refractivity contribution >= 4 is 26.8 Å². The Hall–Kier alpha value is -1.89. The Labute approximate surface area is 172 Å². The summed E-state index contributed by atoms with van der Waals surface area (Å²) in [5, 5.41) is 3.20. The average molecular weight is 416 g/mol. The Bertz CT molecular complexity index is 1020. The second-order valence-electron chi connectivity index (χ2n) is 9.87. The van der Waals surface area contributed by atoms with Crippen molar-refractivity contribution < 1.29 is 13.2 Å². The van der Waals surface area contributed by atoms with E-state index < -0.39 is 9.84 Å². The van der Waals surface area contributed by atoms with Crippen molar-refractivity contribution in [3.8, 4) is 0 Å². The number of amides is 1. The summed E-state index contributed by atoms with van der Waals surface area (Å²) < 4.78 is 25.4. The average Bonchev–Trinajstić information content (AvgIpc) is 2.94. The topological polar surface area (TPSA) is 81.1 Å². The number of carbonyl (C=O) groups is 1. The molecule has 156 valence electrons. The molecule has 1 heterocycles. The molecule has 7 heteroatoms. The van der Waals surface area contributed by atoms with Crippen LogP contribution in [0.15, 0.2) is 24.3 Å². The molecule has 0 radical (unpaired) electrons. The highest BCUT2D eigenvalue weighted by Gasteiger charge is 2.50. The van der Waals surface area contributed by atoms with Gasteiger partial charge in [0.05, 0.1) is 11.0 Å². The van der Waals surface area contributed by atoms with Gasteiger partial charge in [0, 0.05) is 12.8 Å². The lowest BCUT2D eigenvalue weighted by Crippen LogP contribution is -2.51. The van der Waals surface area contributed by atoms with E-state index in [1.165, 1.54) is 44.8 Å². The van der Waals surface area contributed by atoms with E-state index >= 15 is 0 Å². The molecule has 4 aliphatic carbocycles. The lowest BCUT2D eigenvalue weighted by molar-refractivity contribution is -0.123. The normalized spacial score (nSPS) is 30.7. The number of imidazole rings is 1. The van der Waals surface area contributed by atoms with E-state index in [0.29, 0.717) is 5.82 Å². The Kier molecular flexibility index (Phi) is 4.49. The Morgan fingerprint density at radius 1 is 1.14 bits per heavy atom. The minimum atomic E-state index is -3.24. The summed E-state index contributed by atoms with van der Waals surface area (Å²) in [5.41, 5.74) is 1.81. The highest BCUT2D eigenvalue weighted by atomic mass is 32.2. The summed E-state index contributed by atoms with van der Waals surface area (Å²) >= 11 is 0. The van der Waals surface area contributed by atoms with Crippen molar-refractivity contribution in [3.63, 3.8) is 0 Å². The van der Waals surface area contributed by atoms with Crippen LogP contribution < -0.4 is 5.32 Å². The van der Waals surface area contributed by atoms with Crippen LogP contribution in [0.5, 0.6) is 0 Å². The van der Waals surface area contributed by atoms with Crippen LogP contribution in [0, 0.1) is 23.2 Å². The van der Waals surface area contributed by atoms with E-state index in [2.05, 4.69) is 10.3 Å². The second kappa shape index (κ2) is 6.83. The van der Waals surface area contributed by atoms with Crippen LogP contribution >= 0.6 is 0 Å². The molecule has 6 nitrogen and oxygen atoms in total. The highest BCUT2D eigenvalue weighted by Crippen LogP contribution is 2.59. The minimum absolute atomic E-state index is 0.0568. The number of benzene rings is 1. The molecule has 1 amide bonds. The molecule has 0 saturated heterocycles. The van der Waals surface area contributed by atoms with Crippen LogP contribution in [0.1, 0.15) is 44.3 Å². The summed E-state index contributed by atoms with van der Waals surface area (Å²) in [6.07, 6.45) is 9.14. The van der Waals surface area contributed by atoms with E-state index in [1.807, 2.05) is 24.3 Å². The van der Waals surface area contributed by atoms with Gasteiger partial charge < -0.3 is 9.88 Å². The number of nitrogens with zero attached hydrogens (tertiary/aromatic N) is 2. The predicted octanol–water partition coefficient (Wildman–Crippen LogP) is 2.91. The van der Waals surface area contributed by atoms with Crippen molar-refractivity contribution in [2.75, 3.05) is 12.8 Å². The number of fused-ring (bicyclic) bond motifs is 1. The van der Waals surface area contributed by atoms with E-state index in [0.717, 1.165) is 35.3 Å². The molecule has 0 spiro atoms. The fraction of sp³-hybridized carbons (Fsp3) is 0.636. The monoisotopic (exact) mass is 415 g/mol. The number of para-hydroxylation sites is 2. The van der Waals surface area contributed by atoms with Crippen LogP contribution in [0.25, 0.3) is 11.0 Å². The summed E-state index contributed by atoms with van der Waals surface area (Å²) in [7, 11) is -3.24. The maximum atomic E-state index is 12.9. The third kappa shape index (κ3) is 3.81. The fourth-order valence-electron chi connectivity index (χ4n) is 6.64. The second-order valence-corrected chi connectivity index (χ2v) is 12.0. The zero-order valence-electron chi connectivity index (χ0n) is 16.9. The Morgan fingerprint density at radius 2 is 1.76 bits per heavy atom. The summed E-state index contributed by atoms with van der Waals surface area (Å²) in [6.45, 7) is 0.862. The third-order valence-electron chi connectivity index (χ3n) is 7.25. The molecule has 1 aromatic heterocycles. The number of sulfone groups is 1. The smallest absolute Gasteiger partial charge is 0.240 e. The molecule has 4 fully saturated rings. The quantitative estimate of drug-likeness (QED) is 0.787. The number of nitrogens with one attached hydrogen (secondary N) is 1. The van der Waals surface area contributed by atoms with Crippen molar-refractivity contribution in [1.29, 1.82) is 0 Å². The standard InChI is InChI=1S/C22H29N3O3S/c1-29(27,28)13-20-24-18-4-2-3-5-19(18)25(20)12-21(26)23-14-22-9-15-6-16(10-22)8-17(7-15)11-22/h2-5,15-17H,6-14H2,1H3,(H,23,26). The lowest BCUT2D eigenvalue weighted by atomic mass is 9.49. The molecule has 4 bridgehead atoms. The Balaban J connectivity index is 1.32. The van der Waals surface area contributed by atoms with Gasteiger partial charge >= 0.3 is 0 Å². The molecule has 1 aromatic carbocycles. The van der Waals surface area contributed by atoms with Gasteiger partial charge in [0.15, 0.2) is 9.84 Å².